The molecule has 0 fully saturated rings. The van der Waals surface area contributed by atoms with Gasteiger partial charge in [0, 0.05) is 4.90 Å². The standard InChI is InChI=1S/C19H16N2O2S/c1-12-9-17(13(2)22-12)19-21-20-18(23-19)11-24-16-8-7-14-5-3-4-6-15(14)10-16/h3-10H,11H2,1-2H3. The summed E-state index contributed by atoms with van der Waals surface area (Å²) in [5, 5.41) is 10.8. The van der Waals surface area contributed by atoms with Gasteiger partial charge in [0.2, 0.25) is 5.89 Å². The van der Waals surface area contributed by atoms with Crippen LogP contribution in [0.4, 0.5) is 0 Å². The molecule has 0 saturated carbocycles. The average molecular weight is 336 g/mol. The van der Waals surface area contributed by atoms with Crippen LogP contribution in [0.2, 0.25) is 0 Å². The molecule has 0 spiro atoms. The summed E-state index contributed by atoms with van der Waals surface area (Å²) in [6.45, 7) is 3.80. The van der Waals surface area contributed by atoms with E-state index in [4.69, 9.17) is 8.83 Å². The Labute approximate surface area is 143 Å². The van der Waals surface area contributed by atoms with Crippen LogP contribution in [0.1, 0.15) is 17.4 Å². The number of rotatable bonds is 4. The lowest BCUT2D eigenvalue weighted by molar-refractivity contribution is 0.499. The smallest absolute Gasteiger partial charge is 0.251 e. The molecule has 4 nitrogen and oxygen atoms in total. The van der Waals surface area contributed by atoms with Crippen LogP contribution in [0.3, 0.4) is 0 Å². The van der Waals surface area contributed by atoms with Crippen molar-refractivity contribution in [3.8, 4) is 11.5 Å². The van der Waals surface area contributed by atoms with Crippen LogP contribution in [0, 0.1) is 13.8 Å². The van der Waals surface area contributed by atoms with Gasteiger partial charge in [-0.2, -0.15) is 0 Å². The number of hydrogen-bond acceptors (Lipinski definition) is 5. The fourth-order valence-corrected chi connectivity index (χ4v) is 3.45. The molecule has 120 valence electrons. The Balaban J connectivity index is 1.50. The third kappa shape index (κ3) is 2.95. The Morgan fingerprint density at radius 1 is 0.917 bits per heavy atom. The number of aryl methyl sites for hydroxylation is 2. The van der Waals surface area contributed by atoms with Crippen LogP contribution >= 0.6 is 11.8 Å². The van der Waals surface area contributed by atoms with Gasteiger partial charge in [0.15, 0.2) is 0 Å². The Hall–Kier alpha value is -2.53. The number of fused-ring (bicyclic) bond motifs is 1. The van der Waals surface area contributed by atoms with Crippen molar-refractivity contribution in [3.63, 3.8) is 0 Å². The van der Waals surface area contributed by atoms with Crippen LogP contribution < -0.4 is 0 Å². The zero-order valence-corrected chi connectivity index (χ0v) is 14.3. The van der Waals surface area contributed by atoms with Crippen molar-refractivity contribution in [2.75, 3.05) is 0 Å². The molecule has 2 aromatic heterocycles. The normalized spacial score (nSPS) is 11.2. The molecule has 24 heavy (non-hydrogen) atoms. The number of thioether (sulfide) groups is 1. The van der Waals surface area contributed by atoms with Gasteiger partial charge in [-0.1, -0.05) is 30.3 Å². The summed E-state index contributed by atoms with van der Waals surface area (Å²) in [5.74, 6) is 3.40. The first kappa shape index (κ1) is 15.0. The minimum atomic E-state index is 0.512. The van der Waals surface area contributed by atoms with Gasteiger partial charge < -0.3 is 8.83 Å². The number of aromatic nitrogens is 2. The second kappa shape index (κ2) is 6.17. The molecular formula is C19H16N2O2S. The first-order valence-electron chi connectivity index (χ1n) is 7.70. The second-order valence-electron chi connectivity index (χ2n) is 5.63. The van der Waals surface area contributed by atoms with Crippen LogP contribution in [-0.4, -0.2) is 10.2 Å². The lowest BCUT2D eigenvalue weighted by Gasteiger charge is -2.01. The number of furan rings is 1. The largest absolute Gasteiger partial charge is 0.466 e. The third-order valence-corrected chi connectivity index (χ3v) is 4.80. The molecule has 0 aliphatic carbocycles. The van der Waals surface area contributed by atoms with Crippen molar-refractivity contribution in [3.05, 3.63) is 65.9 Å². The highest BCUT2D eigenvalue weighted by atomic mass is 32.2. The van der Waals surface area contributed by atoms with E-state index in [0.29, 0.717) is 17.5 Å². The number of nitrogens with zero attached hydrogens (tertiary/aromatic N) is 2. The maximum Gasteiger partial charge on any atom is 0.251 e. The molecule has 4 rings (SSSR count). The van der Waals surface area contributed by atoms with Crippen molar-refractivity contribution in [1.29, 1.82) is 0 Å². The van der Waals surface area contributed by atoms with Crippen molar-refractivity contribution in [1.82, 2.24) is 10.2 Å². The maximum absolute atomic E-state index is 5.77. The SMILES string of the molecule is Cc1cc(-c2nnc(CSc3ccc4ccccc4c3)o2)c(C)o1. The molecule has 5 heteroatoms. The monoisotopic (exact) mass is 336 g/mol. The molecule has 0 unspecified atom stereocenters. The molecule has 4 aromatic rings. The van der Waals surface area contributed by atoms with Gasteiger partial charge in [0.05, 0.1) is 11.3 Å². The van der Waals surface area contributed by atoms with Crippen molar-refractivity contribution in [2.24, 2.45) is 0 Å². The van der Waals surface area contributed by atoms with E-state index in [0.717, 1.165) is 17.1 Å². The first-order valence-corrected chi connectivity index (χ1v) is 8.69. The Morgan fingerprint density at radius 3 is 2.54 bits per heavy atom. The highest BCUT2D eigenvalue weighted by Gasteiger charge is 2.14. The van der Waals surface area contributed by atoms with Crippen LogP contribution in [0.15, 0.2) is 62.3 Å². The van der Waals surface area contributed by atoms with Gasteiger partial charge in [-0.3, -0.25) is 0 Å². The lowest BCUT2D eigenvalue weighted by atomic mass is 10.1. The Bertz CT molecular complexity index is 1000. The molecule has 2 aromatic carbocycles. The van der Waals surface area contributed by atoms with Gasteiger partial charge in [-0.15, -0.1) is 22.0 Å². The summed E-state index contributed by atoms with van der Waals surface area (Å²) in [5.41, 5.74) is 0.863. The number of hydrogen-bond donors (Lipinski definition) is 0. The molecular weight excluding hydrogens is 320 g/mol. The average Bonchev–Trinajstić information content (AvgIpc) is 3.18. The van der Waals surface area contributed by atoms with E-state index in [2.05, 4.69) is 52.7 Å². The maximum atomic E-state index is 5.77. The van der Waals surface area contributed by atoms with Gasteiger partial charge in [0.25, 0.3) is 5.89 Å². The van der Waals surface area contributed by atoms with E-state index in [1.165, 1.54) is 15.7 Å². The highest BCUT2D eigenvalue weighted by Crippen LogP contribution is 2.29. The van der Waals surface area contributed by atoms with Gasteiger partial charge in [-0.05, 0) is 42.8 Å². The summed E-state index contributed by atoms with van der Waals surface area (Å²) in [4.78, 5) is 1.18. The van der Waals surface area contributed by atoms with Gasteiger partial charge in [0.1, 0.15) is 11.5 Å². The van der Waals surface area contributed by atoms with Gasteiger partial charge >= 0.3 is 0 Å². The van der Waals surface area contributed by atoms with E-state index < -0.39 is 0 Å². The topological polar surface area (TPSA) is 52.1 Å². The van der Waals surface area contributed by atoms with Gasteiger partial charge in [-0.25, -0.2) is 0 Å². The fraction of sp³-hybridized carbons (Fsp3) is 0.158. The molecule has 0 atom stereocenters. The number of benzene rings is 2. The minimum absolute atomic E-state index is 0.512. The summed E-state index contributed by atoms with van der Waals surface area (Å²) in [6, 6.07) is 16.7. The molecule has 0 saturated heterocycles. The quantitative estimate of drug-likeness (QED) is 0.468. The lowest BCUT2D eigenvalue weighted by Crippen LogP contribution is -1.81. The zero-order valence-electron chi connectivity index (χ0n) is 13.4. The van der Waals surface area contributed by atoms with E-state index in [1.807, 2.05) is 19.9 Å². The molecule has 0 radical (unpaired) electrons. The summed E-state index contributed by atoms with van der Waals surface area (Å²) in [6.07, 6.45) is 0. The van der Waals surface area contributed by atoms with Crippen LogP contribution in [0.25, 0.3) is 22.2 Å². The molecule has 0 amide bonds. The molecule has 0 N–H and O–H groups in total. The Kier molecular flexibility index (Phi) is 3.86. The van der Waals surface area contributed by atoms with E-state index >= 15 is 0 Å². The molecule has 0 aliphatic rings. The zero-order chi connectivity index (χ0) is 16.5. The summed E-state index contributed by atoms with van der Waals surface area (Å²) < 4.78 is 11.3. The van der Waals surface area contributed by atoms with Crippen molar-refractivity contribution < 1.29 is 8.83 Å². The Morgan fingerprint density at radius 2 is 1.75 bits per heavy atom. The predicted octanol–water partition coefficient (Wildman–Crippen LogP) is 5.39. The van der Waals surface area contributed by atoms with Crippen LogP contribution in [0.5, 0.6) is 0 Å². The van der Waals surface area contributed by atoms with E-state index in [9.17, 15) is 0 Å². The van der Waals surface area contributed by atoms with Crippen molar-refractivity contribution >= 4 is 22.5 Å². The summed E-state index contributed by atoms with van der Waals surface area (Å²) in [7, 11) is 0. The summed E-state index contributed by atoms with van der Waals surface area (Å²) >= 11 is 1.69. The third-order valence-electron chi connectivity index (χ3n) is 3.82. The fourth-order valence-electron chi connectivity index (χ4n) is 2.67. The van der Waals surface area contributed by atoms with E-state index in [-0.39, 0.29) is 0 Å². The van der Waals surface area contributed by atoms with E-state index in [1.54, 1.807) is 11.8 Å². The predicted molar refractivity (Wildman–Crippen MR) is 95.0 cm³/mol. The second-order valence-corrected chi connectivity index (χ2v) is 6.67. The molecule has 0 bridgehead atoms. The minimum Gasteiger partial charge on any atom is -0.466 e. The molecule has 0 aliphatic heterocycles. The van der Waals surface area contributed by atoms with Crippen molar-refractivity contribution in [2.45, 2.75) is 24.5 Å². The molecule has 2 heterocycles. The first-order chi connectivity index (χ1) is 11.7. The highest BCUT2D eigenvalue weighted by molar-refractivity contribution is 7.98. The van der Waals surface area contributed by atoms with Crippen LogP contribution in [-0.2, 0) is 5.75 Å².